The van der Waals surface area contributed by atoms with Gasteiger partial charge in [-0.3, -0.25) is 4.79 Å². The Bertz CT molecular complexity index is 804. The standard InChI is InChI=1S/C17H16N4OS/c1-13-20-15(11-23-13)4-7-17(22)19-10-14-2-5-16(6-3-14)21-9-8-18-12-21/h2-9,11-12H,10H2,1H3,(H,19,22)/b7-4-. The quantitative estimate of drug-likeness (QED) is 0.734. The van der Waals surface area contributed by atoms with E-state index in [9.17, 15) is 4.79 Å². The Kier molecular flexibility index (Phi) is 4.63. The van der Waals surface area contributed by atoms with Crippen molar-refractivity contribution in [1.82, 2.24) is 19.9 Å². The molecule has 0 saturated carbocycles. The fourth-order valence-electron chi connectivity index (χ4n) is 2.06. The molecule has 1 N–H and O–H groups in total. The number of hydrogen-bond acceptors (Lipinski definition) is 4. The van der Waals surface area contributed by atoms with Crippen molar-refractivity contribution in [2.24, 2.45) is 0 Å². The van der Waals surface area contributed by atoms with E-state index in [0.717, 1.165) is 22.0 Å². The number of nitrogens with zero attached hydrogens (tertiary/aromatic N) is 3. The van der Waals surface area contributed by atoms with E-state index in [1.807, 2.05) is 47.3 Å². The molecule has 2 aromatic heterocycles. The maximum Gasteiger partial charge on any atom is 0.244 e. The van der Waals surface area contributed by atoms with Gasteiger partial charge in [-0.2, -0.15) is 0 Å². The Balaban J connectivity index is 1.53. The van der Waals surface area contributed by atoms with E-state index in [1.165, 1.54) is 6.08 Å². The summed E-state index contributed by atoms with van der Waals surface area (Å²) >= 11 is 1.57. The number of nitrogens with one attached hydrogen (secondary N) is 1. The lowest BCUT2D eigenvalue weighted by Gasteiger charge is -2.05. The Morgan fingerprint density at radius 2 is 2.17 bits per heavy atom. The van der Waals surface area contributed by atoms with Crippen LogP contribution in [0.1, 0.15) is 16.3 Å². The molecule has 5 nitrogen and oxygen atoms in total. The highest BCUT2D eigenvalue weighted by Gasteiger charge is 2.00. The predicted octanol–water partition coefficient (Wildman–Crippen LogP) is 2.97. The van der Waals surface area contributed by atoms with Crippen molar-refractivity contribution in [3.8, 4) is 5.69 Å². The number of benzene rings is 1. The van der Waals surface area contributed by atoms with E-state index >= 15 is 0 Å². The molecule has 0 atom stereocenters. The number of hydrogen-bond donors (Lipinski definition) is 1. The summed E-state index contributed by atoms with van der Waals surface area (Å²) in [6.45, 7) is 2.43. The molecule has 1 aromatic carbocycles. The first kappa shape index (κ1) is 15.2. The van der Waals surface area contributed by atoms with Gasteiger partial charge in [-0.15, -0.1) is 11.3 Å². The van der Waals surface area contributed by atoms with Gasteiger partial charge >= 0.3 is 0 Å². The monoisotopic (exact) mass is 324 g/mol. The van der Waals surface area contributed by atoms with Crippen LogP contribution in [0.4, 0.5) is 0 Å². The summed E-state index contributed by atoms with van der Waals surface area (Å²) in [5, 5.41) is 5.77. The van der Waals surface area contributed by atoms with Gasteiger partial charge in [0, 0.05) is 36.1 Å². The number of amides is 1. The molecule has 0 spiro atoms. The first-order chi connectivity index (χ1) is 11.2. The van der Waals surface area contributed by atoms with Crippen molar-refractivity contribution in [2.75, 3.05) is 0 Å². The molecule has 1 amide bonds. The van der Waals surface area contributed by atoms with Gasteiger partial charge in [-0.1, -0.05) is 12.1 Å². The number of thiazole rings is 1. The van der Waals surface area contributed by atoms with Gasteiger partial charge < -0.3 is 9.88 Å². The first-order valence-electron chi connectivity index (χ1n) is 7.16. The maximum atomic E-state index is 11.8. The summed E-state index contributed by atoms with van der Waals surface area (Å²) in [5.41, 5.74) is 2.89. The van der Waals surface area contributed by atoms with Gasteiger partial charge in [0.25, 0.3) is 0 Å². The van der Waals surface area contributed by atoms with Gasteiger partial charge in [0.05, 0.1) is 17.0 Å². The van der Waals surface area contributed by atoms with Crippen LogP contribution in [0, 0.1) is 6.92 Å². The van der Waals surface area contributed by atoms with E-state index in [4.69, 9.17) is 0 Å². The first-order valence-corrected chi connectivity index (χ1v) is 8.04. The van der Waals surface area contributed by atoms with Crippen LogP contribution in [0.3, 0.4) is 0 Å². The lowest BCUT2D eigenvalue weighted by Crippen LogP contribution is -2.20. The number of carbonyl (C=O) groups is 1. The van der Waals surface area contributed by atoms with Crippen molar-refractivity contribution >= 4 is 23.3 Å². The molecule has 3 aromatic rings. The zero-order chi connectivity index (χ0) is 16.1. The molecule has 6 heteroatoms. The van der Waals surface area contributed by atoms with Crippen LogP contribution in [-0.2, 0) is 11.3 Å². The van der Waals surface area contributed by atoms with Crippen molar-refractivity contribution in [3.63, 3.8) is 0 Å². The SMILES string of the molecule is Cc1nc(/C=C\C(=O)NCc2ccc(-n3ccnc3)cc2)cs1. The molecule has 116 valence electrons. The smallest absolute Gasteiger partial charge is 0.244 e. The number of rotatable bonds is 5. The summed E-state index contributed by atoms with van der Waals surface area (Å²) in [6.07, 6.45) is 8.61. The zero-order valence-corrected chi connectivity index (χ0v) is 13.5. The Labute approximate surface area is 138 Å². The second-order valence-electron chi connectivity index (χ2n) is 4.98. The fraction of sp³-hybridized carbons (Fsp3) is 0.118. The van der Waals surface area contributed by atoms with E-state index in [-0.39, 0.29) is 5.91 Å². The van der Waals surface area contributed by atoms with Crippen molar-refractivity contribution in [1.29, 1.82) is 0 Å². The largest absolute Gasteiger partial charge is 0.348 e. The van der Waals surface area contributed by atoms with Crippen LogP contribution < -0.4 is 5.32 Å². The number of carbonyl (C=O) groups excluding carboxylic acids is 1. The third kappa shape index (κ3) is 4.14. The molecular formula is C17H16N4OS. The molecule has 0 saturated heterocycles. The molecular weight excluding hydrogens is 308 g/mol. The molecule has 2 heterocycles. The van der Waals surface area contributed by atoms with Crippen molar-refractivity contribution < 1.29 is 4.79 Å². The molecule has 0 bridgehead atoms. The highest BCUT2D eigenvalue weighted by molar-refractivity contribution is 7.09. The molecule has 0 unspecified atom stereocenters. The lowest BCUT2D eigenvalue weighted by atomic mass is 10.2. The minimum absolute atomic E-state index is 0.130. The van der Waals surface area contributed by atoms with Crippen LogP contribution in [0.5, 0.6) is 0 Å². The molecule has 3 rings (SSSR count). The Hall–Kier alpha value is -2.73. The highest BCUT2D eigenvalue weighted by atomic mass is 32.1. The fourth-order valence-corrected chi connectivity index (χ4v) is 2.64. The maximum absolute atomic E-state index is 11.8. The average Bonchev–Trinajstić information content (AvgIpc) is 3.23. The number of aromatic nitrogens is 3. The number of imidazole rings is 1. The van der Waals surface area contributed by atoms with Crippen LogP contribution in [0.15, 0.2) is 54.4 Å². The Morgan fingerprint density at radius 1 is 1.35 bits per heavy atom. The summed E-state index contributed by atoms with van der Waals surface area (Å²) < 4.78 is 1.93. The van der Waals surface area contributed by atoms with Crippen LogP contribution in [-0.4, -0.2) is 20.4 Å². The van der Waals surface area contributed by atoms with Gasteiger partial charge in [0.1, 0.15) is 0 Å². The minimum atomic E-state index is -0.130. The lowest BCUT2D eigenvalue weighted by molar-refractivity contribution is -0.116. The molecule has 23 heavy (non-hydrogen) atoms. The van der Waals surface area contributed by atoms with Gasteiger partial charge in [-0.05, 0) is 30.7 Å². The minimum Gasteiger partial charge on any atom is -0.348 e. The van der Waals surface area contributed by atoms with Crippen LogP contribution >= 0.6 is 11.3 Å². The van der Waals surface area contributed by atoms with Crippen LogP contribution in [0.25, 0.3) is 11.8 Å². The molecule has 0 aliphatic carbocycles. The summed E-state index contributed by atoms with van der Waals surface area (Å²) in [4.78, 5) is 20.1. The zero-order valence-electron chi connectivity index (χ0n) is 12.6. The second kappa shape index (κ2) is 7.02. The van der Waals surface area contributed by atoms with E-state index in [2.05, 4.69) is 15.3 Å². The summed E-state index contributed by atoms with van der Waals surface area (Å²) in [6, 6.07) is 7.97. The molecule has 0 radical (unpaired) electrons. The van der Waals surface area contributed by atoms with Gasteiger partial charge in [0.2, 0.25) is 5.91 Å². The average molecular weight is 324 g/mol. The number of aryl methyl sites for hydroxylation is 1. The Morgan fingerprint density at radius 3 is 2.83 bits per heavy atom. The summed E-state index contributed by atoms with van der Waals surface area (Å²) in [7, 11) is 0. The van der Waals surface area contributed by atoms with E-state index in [0.29, 0.717) is 6.54 Å². The normalized spacial score (nSPS) is 11.0. The molecule has 0 fully saturated rings. The van der Waals surface area contributed by atoms with Crippen LogP contribution in [0.2, 0.25) is 0 Å². The van der Waals surface area contributed by atoms with Crippen molar-refractivity contribution in [3.05, 3.63) is 70.7 Å². The molecule has 0 aliphatic rings. The van der Waals surface area contributed by atoms with Gasteiger partial charge in [0.15, 0.2) is 0 Å². The topological polar surface area (TPSA) is 59.8 Å². The highest BCUT2D eigenvalue weighted by Crippen LogP contribution is 2.10. The predicted molar refractivity (Wildman–Crippen MR) is 91.3 cm³/mol. The van der Waals surface area contributed by atoms with Gasteiger partial charge in [-0.25, -0.2) is 9.97 Å². The van der Waals surface area contributed by atoms with E-state index in [1.54, 1.807) is 29.9 Å². The van der Waals surface area contributed by atoms with E-state index < -0.39 is 0 Å². The summed E-state index contributed by atoms with van der Waals surface area (Å²) in [5.74, 6) is -0.130. The second-order valence-corrected chi connectivity index (χ2v) is 6.04. The third-order valence-corrected chi connectivity index (χ3v) is 4.04. The molecule has 0 aliphatic heterocycles. The van der Waals surface area contributed by atoms with Crippen molar-refractivity contribution in [2.45, 2.75) is 13.5 Å². The third-order valence-electron chi connectivity index (χ3n) is 3.25.